The lowest BCUT2D eigenvalue weighted by Gasteiger charge is -2.22. The monoisotopic (exact) mass is 298 g/mol. The van der Waals surface area contributed by atoms with E-state index in [2.05, 4.69) is 0 Å². The van der Waals surface area contributed by atoms with Crippen LogP contribution in [0.3, 0.4) is 0 Å². The molecule has 0 saturated carbocycles. The summed E-state index contributed by atoms with van der Waals surface area (Å²) in [6.07, 6.45) is -2.68. The number of benzene rings is 1. The van der Waals surface area contributed by atoms with Crippen LogP contribution in [0.4, 0.5) is 0 Å². The molecule has 4 unspecified atom stereocenters. The van der Waals surface area contributed by atoms with Crippen LogP contribution in [-0.4, -0.2) is 57.1 Å². The molecule has 21 heavy (non-hydrogen) atoms. The van der Waals surface area contributed by atoms with Crippen LogP contribution in [0.15, 0.2) is 24.3 Å². The molecule has 1 aromatic rings. The second-order valence-electron chi connectivity index (χ2n) is 4.76. The van der Waals surface area contributed by atoms with E-state index in [4.69, 9.17) is 4.74 Å². The molecule has 4 atom stereocenters. The third-order valence-electron chi connectivity index (χ3n) is 3.21. The van der Waals surface area contributed by atoms with E-state index in [0.29, 0.717) is 16.9 Å². The van der Waals surface area contributed by atoms with Crippen molar-refractivity contribution < 1.29 is 30.3 Å². The van der Waals surface area contributed by atoms with Crippen LogP contribution < -0.4 is 4.74 Å². The highest BCUT2D eigenvalue weighted by atomic mass is 16.5. The molecule has 0 bridgehead atoms. The fourth-order valence-electron chi connectivity index (χ4n) is 1.90. The van der Waals surface area contributed by atoms with Gasteiger partial charge < -0.3 is 30.3 Å². The fraction of sp³-hybridized carbons (Fsp3) is 0.467. The van der Waals surface area contributed by atoms with Crippen molar-refractivity contribution in [3.63, 3.8) is 0 Å². The van der Waals surface area contributed by atoms with Gasteiger partial charge >= 0.3 is 0 Å². The average molecular weight is 298 g/mol. The molecule has 0 aliphatic rings. The van der Waals surface area contributed by atoms with Crippen LogP contribution >= 0.6 is 0 Å². The Balaban J connectivity index is 2.90. The summed E-state index contributed by atoms with van der Waals surface area (Å²) in [5.74, 6) is 0.513. The van der Waals surface area contributed by atoms with Gasteiger partial charge in [-0.2, -0.15) is 0 Å². The zero-order chi connectivity index (χ0) is 16.0. The second kappa shape index (κ2) is 8.11. The van der Waals surface area contributed by atoms with E-state index in [1.54, 1.807) is 18.2 Å². The number of hydrogen-bond acceptors (Lipinski definition) is 6. The topological polar surface area (TPSA) is 110 Å². The van der Waals surface area contributed by atoms with E-state index in [9.17, 15) is 25.5 Å². The maximum absolute atomic E-state index is 9.79. The predicted octanol–water partition coefficient (Wildman–Crippen LogP) is -0.336. The zero-order valence-corrected chi connectivity index (χ0v) is 12.0. The fourth-order valence-corrected chi connectivity index (χ4v) is 1.90. The van der Waals surface area contributed by atoms with Gasteiger partial charge in [-0.15, -0.1) is 0 Å². The van der Waals surface area contributed by atoms with E-state index in [1.165, 1.54) is 26.2 Å². The first kappa shape index (κ1) is 17.6. The van der Waals surface area contributed by atoms with Crippen molar-refractivity contribution in [1.82, 2.24) is 0 Å². The lowest BCUT2D eigenvalue weighted by atomic mass is 10.0. The quantitative estimate of drug-likeness (QED) is 0.471. The molecule has 0 heterocycles. The van der Waals surface area contributed by atoms with Crippen molar-refractivity contribution in [3.8, 4) is 5.75 Å². The first-order valence-corrected chi connectivity index (χ1v) is 6.59. The molecule has 1 aromatic carbocycles. The smallest absolute Gasteiger partial charge is 0.124 e. The molecule has 0 spiro atoms. The van der Waals surface area contributed by atoms with Gasteiger partial charge in [0.2, 0.25) is 0 Å². The van der Waals surface area contributed by atoms with Crippen molar-refractivity contribution >= 4 is 6.08 Å². The molecule has 0 aromatic heterocycles. The number of methoxy groups -OCH3 is 1. The van der Waals surface area contributed by atoms with Crippen molar-refractivity contribution in [2.24, 2.45) is 0 Å². The van der Waals surface area contributed by atoms with E-state index in [1.807, 2.05) is 0 Å². The van der Waals surface area contributed by atoms with Crippen molar-refractivity contribution in [3.05, 3.63) is 35.4 Å². The Bertz CT molecular complexity index is 471. The highest BCUT2D eigenvalue weighted by molar-refractivity contribution is 5.58. The molecule has 0 fully saturated rings. The minimum Gasteiger partial charge on any atom is -0.496 e. The Labute approximate surface area is 123 Å². The van der Waals surface area contributed by atoms with Crippen LogP contribution in [0.5, 0.6) is 5.75 Å². The zero-order valence-electron chi connectivity index (χ0n) is 12.0. The Morgan fingerprint density at radius 2 is 1.81 bits per heavy atom. The maximum Gasteiger partial charge on any atom is 0.124 e. The number of hydrogen-bond donors (Lipinski definition) is 5. The summed E-state index contributed by atoms with van der Waals surface area (Å²) in [4.78, 5) is 0. The summed E-state index contributed by atoms with van der Waals surface area (Å²) in [6, 6.07) is 5.14. The summed E-state index contributed by atoms with van der Waals surface area (Å²) in [7, 11) is 1.49. The number of aliphatic hydroxyl groups is 5. The molecule has 0 radical (unpaired) electrons. The molecular formula is C15H22O6. The molecule has 1 rings (SSSR count). The number of aliphatic hydroxyl groups excluding tert-OH is 5. The first-order valence-electron chi connectivity index (χ1n) is 6.59. The van der Waals surface area contributed by atoms with Gasteiger partial charge in [-0.25, -0.2) is 0 Å². The van der Waals surface area contributed by atoms with Crippen LogP contribution in [0.1, 0.15) is 18.1 Å². The Hall–Kier alpha value is -1.44. The summed E-state index contributed by atoms with van der Waals surface area (Å²) in [6.45, 7) is 1.08. The standard InChI is InChI=1S/C15H22O6/c1-9(17)14(19)15(20)12(18)7-6-10-4-3-5-13(21-2)11(10)8-16/h3-7,9,12,14-20H,8H2,1-2H3. The Kier molecular flexibility index (Phi) is 6.80. The number of rotatable bonds is 7. The SMILES string of the molecule is COc1cccc(C=CC(O)C(O)C(O)C(C)O)c1CO. The van der Waals surface area contributed by atoms with Crippen LogP contribution in [-0.2, 0) is 6.61 Å². The Morgan fingerprint density at radius 1 is 1.14 bits per heavy atom. The highest BCUT2D eigenvalue weighted by Gasteiger charge is 2.26. The third kappa shape index (κ3) is 4.52. The van der Waals surface area contributed by atoms with E-state index >= 15 is 0 Å². The van der Waals surface area contributed by atoms with Crippen LogP contribution in [0, 0.1) is 0 Å². The predicted molar refractivity (Wildman–Crippen MR) is 77.7 cm³/mol. The van der Waals surface area contributed by atoms with Gasteiger partial charge in [0.1, 0.15) is 24.1 Å². The molecular weight excluding hydrogens is 276 g/mol. The van der Waals surface area contributed by atoms with E-state index < -0.39 is 24.4 Å². The van der Waals surface area contributed by atoms with Gasteiger partial charge in [-0.3, -0.25) is 0 Å². The van der Waals surface area contributed by atoms with Crippen molar-refractivity contribution in [2.75, 3.05) is 7.11 Å². The first-order chi connectivity index (χ1) is 9.92. The molecule has 6 heteroatoms. The van der Waals surface area contributed by atoms with E-state index in [0.717, 1.165) is 0 Å². The minimum atomic E-state index is -1.51. The van der Waals surface area contributed by atoms with Gasteiger partial charge in [-0.1, -0.05) is 24.3 Å². The highest BCUT2D eigenvalue weighted by Crippen LogP contribution is 2.23. The third-order valence-corrected chi connectivity index (χ3v) is 3.21. The molecule has 0 aliphatic heterocycles. The van der Waals surface area contributed by atoms with Crippen LogP contribution in [0.25, 0.3) is 6.08 Å². The Morgan fingerprint density at radius 3 is 2.33 bits per heavy atom. The molecule has 118 valence electrons. The van der Waals surface area contributed by atoms with Gasteiger partial charge in [0, 0.05) is 5.56 Å². The number of ether oxygens (including phenoxy) is 1. The largest absolute Gasteiger partial charge is 0.496 e. The van der Waals surface area contributed by atoms with Crippen LogP contribution in [0.2, 0.25) is 0 Å². The summed E-state index contributed by atoms with van der Waals surface area (Å²) < 4.78 is 5.12. The minimum absolute atomic E-state index is 0.237. The lowest BCUT2D eigenvalue weighted by molar-refractivity contribution is -0.0874. The molecule has 6 nitrogen and oxygen atoms in total. The molecule has 0 saturated heterocycles. The van der Waals surface area contributed by atoms with Gasteiger partial charge in [0.15, 0.2) is 0 Å². The lowest BCUT2D eigenvalue weighted by Crippen LogP contribution is -2.42. The van der Waals surface area contributed by atoms with Crippen molar-refractivity contribution in [2.45, 2.75) is 37.9 Å². The van der Waals surface area contributed by atoms with Gasteiger partial charge in [-0.05, 0) is 18.6 Å². The molecule has 0 aliphatic carbocycles. The van der Waals surface area contributed by atoms with Gasteiger partial charge in [0.25, 0.3) is 0 Å². The van der Waals surface area contributed by atoms with Gasteiger partial charge in [0.05, 0.1) is 19.8 Å². The normalized spacial score (nSPS) is 17.5. The summed E-state index contributed by atoms with van der Waals surface area (Å²) in [5, 5.41) is 47.5. The molecule has 5 N–H and O–H groups in total. The van der Waals surface area contributed by atoms with E-state index in [-0.39, 0.29) is 6.61 Å². The maximum atomic E-state index is 9.79. The average Bonchev–Trinajstić information content (AvgIpc) is 2.50. The van der Waals surface area contributed by atoms with Crippen molar-refractivity contribution in [1.29, 1.82) is 0 Å². The molecule has 0 amide bonds. The second-order valence-corrected chi connectivity index (χ2v) is 4.76. The summed E-state index contributed by atoms with van der Waals surface area (Å²) >= 11 is 0. The summed E-state index contributed by atoms with van der Waals surface area (Å²) in [5.41, 5.74) is 1.17.